The van der Waals surface area contributed by atoms with Crippen LogP contribution < -0.4 is 0 Å². The van der Waals surface area contributed by atoms with Crippen LogP contribution in [0, 0.1) is 0 Å². The van der Waals surface area contributed by atoms with Crippen LogP contribution in [0.4, 0.5) is 0 Å². The summed E-state index contributed by atoms with van der Waals surface area (Å²) in [6, 6.07) is 30.1. The molecule has 5 nitrogen and oxygen atoms in total. The highest BCUT2D eigenvalue weighted by Crippen LogP contribution is 2.33. The third-order valence-corrected chi connectivity index (χ3v) is 6.96. The van der Waals surface area contributed by atoms with Crippen molar-refractivity contribution in [3.63, 3.8) is 0 Å². The number of rotatable bonds is 12. The first-order chi connectivity index (χ1) is 17.2. The van der Waals surface area contributed by atoms with Crippen LogP contribution >= 0.6 is 11.8 Å². The van der Waals surface area contributed by atoms with Crippen molar-refractivity contribution in [2.75, 3.05) is 12.4 Å². The minimum Gasteiger partial charge on any atom is -0.387 e. The van der Waals surface area contributed by atoms with E-state index >= 15 is 0 Å². The maximum absolute atomic E-state index is 11.2. The Morgan fingerprint density at radius 3 is 1.71 bits per heavy atom. The molecular formula is C29H34O5S. The van der Waals surface area contributed by atoms with Crippen molar-refractivity contribution in [1.82, 2.24) is 0 Å². The van der Waals surface area contributed by atoms with Crippen LogP contribution in [0.25, 0.3) is 0 Å². The first-order valence-electron chi connectivity index (χ1n) is 12.1. The zero-order chi connectivity index (χ0) is 24.3. The topological polar surface area (TPSA) is 57.2 Å². The highest BCUT2D eigenvalue weighted by molar-refractivity contribution is 7.99. The zero-order valence-corrected chi connectivity index (χ0v) is 20.9. The molecule has 35 heavy (non-hydrogen) atoms. The number of thioether (sulfide) groups is 1. The molecule has 0 bridgehead atoms. The Kier molecular flexibility index (Phi) is 10.2. The van der Waals surface area contributed by atoms with Gasteiger partial charge < -0.3 is 24.1 Å². The van der Waals surface area contributed by atoms with Crippen molar-refractivity contribution >= 4 is 11.8 Å². The molecule has 6 heteroatoms. The number of benzene rings is 3. The van der Waals surface area contributed by atoms with E-state index in [4.69, 9.17) is 18.9 Å². The molecule has 3 aromatic carbocycles. The van der Waals surface area contributed by atoms with Gasteiger partial charge in [0.05, 0.1) is 26.4 Å². The van der Waals surface area contributed by atoms with Crippen molar-refractivity contribution in [3.05, 3.63) is 108 Å². The first kappa shape index (κ1) is 25.9. The van der Waals surface area contributed by atoms with E-state index in [0.717, 1.165) is 22.4 Å². The van der Waals surface area contributed by atoms with Gasteiger partial charge in [0.2, 0.25) is 0 Å². The number of hydrogen-bond acceptors (Lipinski definition) is 6. The minimum atomic E-state index is -0.824. The maximum atomic E-state index is 11.2. The third kappa shape index (κ3) is 7.64. The Morgan fingerprint density at radius 2 is 1.20 bits per heavy atom. The second-order valence-electron chi connectivity index (χ2n) is 8.51. The van der Waals surface area contributed by atoms with Gasteiger partial charge in [0, 0.05) is 0 Å². The second-order valence-corrected chi connectivity index (χ2v) is 9.89. The van der Waals surface area contributed by atoms with Crippen LogP contribution in [0.2, 0.25) is 0 Å². The summed E-state index contributed by atoms with van der Waals surface area (Å²) < 4.78 is 25.1. The normalized spacial score (nSPS) is 24.3. The largest absolute Gasteiger partial charge is 0.387 e. The van der Waals surface area contributed by atoms with E-state index in [2.05, 4.69) is 6.92 Å². The molecule has 0 saturated carbocycles. The van der Waals surface area contributed by atoms with Crippen molar-refractivity contribution < 1.29 is 24.1 Å². The van der Waals surface area contributed by atoms with Crippen molar-refractivity contribution in [2.45, 2.75) is 56.6 Å². The maximum Gasteiger partial charge on any atom is 0.132 e. The summed E-state index contributed by atoms with van der Waals surface area (Å²) in [5.74, 6) is 0.820. The number of ether oxygens (including phenoxy) is 4. The summed E-state index contributed by atoms with van der Waals surface area (Å²) in [6.45, 7) is 3.66. The number of aliphatic hydroxyl groups is 1. The quantitative estimate of drug-likeness (QED) is 0.373. The zero-order valence-electron chi connectivity index (χ0n) is 20.1. The van der Waals surface area contributed by atoms with Gasteiger partial charge in [-0.1, -0.05) is 97.9 Å². The standard InChI is InChI=1S/C29H34O5S/c1-2-35-29-26(30)28(33-20-24-16-10-5-11-17-24)27(32-19-23-14-8-4-9-15-23)25(34-29)21-31-18-22-12-6-3-7-13-22/h3-17,25-30H,2,18-21H2,1H3/t25-,26+,27-,28-,29-/m1/s1. The Balaban J connectivity index is 1.50. The van der Waals surface area contributed by atoms with E-state index in [1.165, 1.54) is 0 Å². The first-order valence-corrected chi connectivity index (χ1v) is 13.2. The van der Waals surface area contributed by atoms with E-state index in [0.29, 0.717) is 26.4 Å². The molecule has 1 heterocycles. The predicted octanol–water partition coefficient (Wildman–Crippen LogP) is 5.21. The van der Waals surface area contributed by atoms with Crippen molar-refractivity contribution in [2.24, 2.45) is 0 Å². The van der Waals surface area contributed by atoms with Crippen LogP contribution in [-0.4, -0.2) is 47.3 Å². The minimum absolute atomic E-state index is 0.340. The van der Waals surface area contributed by atoms with Crippen LogP contribution in [0.15, 0.2) is 91.0 Å². The summed E-state index contributed by atoms with van der Waals surface area (Å²) in [5, 5.41) is 11.2. The van der Waals surface area contributed by atoms with E-state index in [9.17, 15) is 5.11 Å². The Morgan fingerprint density at radius 1 is 0.714 bits per heavy atom. The smallest absolute Gasteiger partial charge is 0.132 e. The van der Waals surface area contributed by atoms with Gasteiger partial charge in [-0.3, -0.25) is 0 Å². The molecule has 0 radical (unpaired) electrons. The monoisotopic (exact) mass is 494 g/mol. The third-order valence-electron chi connectivity index (χ3n) is 5.91. The van der Waals surface area contributed by atoms with E-state index in [1.54, 1.807) is 11.8 Å². The fourth-order valence-electron chi connectivity index (χ4n) is 4.12. The summed E-state index contributed by atoms with van der Waals surface area (Å²) in [6.07, 6.45) is -2.24. The molecule has 4 rings (SSSR count). The Bertz CT molecular complexity index is 972. The lowest BCUT2D eigenvalue weighted by atomic mass is 9.99. The molecule has 0 aliphatic carbocycles. The summed E-state index contributed by atoms with van der Waals surface area (Å²) in [4.78, 5) is 0. The Labute approximate surface area is 212 Å². The summed E-state index contributed by atoms with van der Waals surface area (Å²) >= 11 is 1.57. The molecule has 186 valence electrons. The molecule has 1 aliphatic heterocycles. The lowest BCUT2D eigenvalue weighted by molar-refractivity contribution is -0.243. The molecule has 0 unspecified atom stereocenters. The molecule has 0 spiro atoms. The predicted molar refractivity (Wildman–Crippen MR) is 139 cm³/mol. The molecular weight excluding hydrogens is 460 g/mol. The van der Waals surface area contributed by atoms with Crippen molar-refractivity contribution in [3.8, 4) is 0 Å². The highest BCUT2D eigenvalue weighted by atomic mass is 32.2. The fraction of sp³-hybridized carbons (Fsp3) is 0.379. The van der Waals surface area contributed by atoms with Crippen molar-refractivity contribution in [1.29, 1.82) is 0 Å². The fourth-order valence-corrected chi connectivity index (χ4v) is 5.03. The van der Waals surface area contributed by atoms with Gasteiger partial charge >= 0.3 is 0 Å². The van der Waals surface area contributed by atoms with Gasteiger partial charge in [-0.15, -0.1) is 11.8 Å². The molecule has 1 aliphatic rings. The molecule has 1 fully saturated rings. The van der Waals surface area contributed by atoms with Gasteiger partial charge in [0.15, 0.2) is 0 Å². The summed E-state index contributed by atoms with van der Waals surface area (Å²) in [7, 11) is 0. The molecule has 0 aromatic heterocycles. The average Bonchev–Trinajstić information content (AvgIpc) is 2.90. The summed E-state index contributed by atoms with van der Waals surface area (Å²) in [5.41, 5.74) is 2.78. The Hall–Kier alpha value is -2.19. The number of aliphatic hydroxyl groups excluding tert-OH is 1. The highest BCUT2D eigenvalue weighted by Gasteiger charge is 2.47. The average molecular weight is 495 g/mol. The van der Waals surface area contributed by atoms with E-state index < -0.39 is 23.7 Å². The van der Waals surface area contributed by atoms with Crippen LogP contribution in [0.5, 0.6) is 0 Å². The molecule has 1 saturated heterocycles. The van der Waals surface area contributed by atoms with E-state index in [-0.39, 0.29) is 6.10 Å². The molecule has 3 aromatic rings. The van der Waals surface area contributed by atoms with Gasteiger partial charge in [-0.05, 0) is 22.4 Å². The second kappa shape index (κ2) is 13.8. The van der Waals surface area contributed by atoms with Gasteiger partial charge in [0.25, 0.3) is 0 Å². The van der Waals surface area contributed by atoms with Crippen LogP contribution in [0.3, 0.4) is 0 Å². The van der Waals surface area contributed by atoms with Gasteiger partial charge in [-0.2, -0.15) is 0 Å². The van der Waals surface area contributed by atoms with Gasteiger partial charge in [0.1, 0.15) is 29.9 Å². The SMILES string of the molecule is CCS[C@H]1O[C@H](COCc2ccccc2)[C@@H](OCc2ccccc2)[C@H](OCc2ccccc2)[C@@H]1O. The van der Waals surface area contributed by atoms with E-state index in [1.807, 2.05) is 91.0 Å². The van der Waals surface area contributed by atoms with Crippen LogP contribution in [-0.2, 0) is 38.8 Å². The lowest BCUT2D eigenvalue weighted by Crippen LogP contribution is -2.59. The van der Waals surface area contributed by atoms with Gasteiger partial charge in [-0.25, -0.2) is 0 Å². The number of hydrogen-bond donors (Lipinski definition) is 1. The molecule has 1 N–H and O–H groups in total. The molecule has 0 amide bonds. The molecule has 5 atom stereocenters. The lowest BCUT2D eigenvalue weighted by Gasteiger charge is -2.44. The van der Waals surface area contributed by atoms with Crippen LogP contribution in [0.1, 0.15) is 23.6 Å².